The molecule has 15 heavy (non-hydrogen) atoms. The maximum absolute atomic E-state index is 11.5. The Balaban J connectivity index is 2.68. The molecule has 2 aromatic rings. The Morgan fingerprint density at radius 2 is 2.20 bits per heavy atom. The van der Waals surface area contributed by atoms with E-state index in [1.807, 2.05) is 0 Å². The summed E-state index contributed by atoms with van der Waals surface area (Å²) < 4.78 is 9.74. The summed E-state index contributed by atoms with van der Waals surface area (Å²) in [7, 11) is 2.87. The number of methoxy groups -OCH3 is 2. The maximum Gasteiger partial charge on any atom is 0.340 e. The highest BCUT2D eigenvalue weighted by Gasteiger charge is 2.14. The number of nitrogens with one attached hydrogen (secondary N) is 1. The van der Waals surface area contributed by atoms with Crippen LogP contribution in [0.2, 0.25) is 0 Å². The van der Waals surface area contributed by atoms with E-state index in [0.29, 0.717) is 16.8 Å². The Kier molecular flexibility index (Phi) is 2.29. The fraction of sp³-hybridized carbons (Fsp3) is 0.200. The highest BCUT2D eigenvalue weighted by molar-refractivity contribution is 6.02. The molecule has 0 unspecified atom stereocenters. The SMILES string of the molecule is COC(=O)c1cc(OC)cc2[nH]cnc12. The first kappa shape index (κ1) is 9.51. The third-order valence-electron chi connectivity index (χ3n) is 2.14. The second-order valence-corrected chi connectivity index (χ2v) is 2.97. The molecule has 0 aliphatic rings. The van der Waals surface area contributed by atoms with Gasteiger partial charge in [0.2, 0.25) is 0 Å². The van der Waals surface area contributed by atoms with Crippen molar-refractivity contribution in [3.8, 4) is 5.75 Å². The molecule has 0 saturated carbocycles. The predicted octanol–water partition coefficient (Wildman–Crippen LogP) is 1.36. The van der Waals surface area contributed by atoms with Gasteiger partial charge in [-0.15, -0.1) is 0 Å². The normalized spacial score (nSPS) is 10.3. The van der Waals surface area contributed by atoms with Crippen LogP contribution >= 0.6 is 0 Å². The second kappa shape index (κ2) is 3.61. The third-order valence-corrected chi connectivity index (χ3v) is 2.14. The van der Waals surface area contributed by atoms with E-state index in [2.05, 4.69) is 14.7 Å². The first-order valence-corrected chi connectivity index (χ1v) is 4.35. The molecule has 1 aromatic carbocycles. The molecule has 5 nitrogen and oxygen atoms in total. The zero-order valence-electron chi connectivity index (χ0n) is 8.40. The molecule has 0 saturated heterocycles. The van der Waals surface area contributed by atoms with Crippen LogP contribution in [0.3, 0.4) is 0 Å². The lowest BCUT2D eigenvalue weighted by Gasteiger charge is -2.04. The zero-order valence-corrected chi connectivity index (χ0v) is 8.40. The first-order valence-electron chi connectivity index (χ1n) is 4.35. The molecule has 0 aliphatic carbocycles. The van der Waals surface area contributed by atoms with E-state index < -0.39 is 5.97 Å². The minimum absolute atomic E-state index is 0.396. The van der Waals surface area contributed by atoms with E-state index in [1.54, 1.807) is 19.2 Å². The van der Waals surface area contributed by atoms with Gasteiger partial charge in [0.25, 0.3) is 0 Å². The number of hydrogen-bond acceptors (Lipinski definition) is 4. The average Bonchev–Trinajstić information content (AvgIpc) is 2.74. The summed E-state index contributed by atoms with van der Waals surface area (Å²) >= 11 is 0. The van der Waals surface area contributed by atoms with E-state index >= 15 is 0 Å². The molecular formula is C10H10N2O3. The number of benzene rings is 1. The lowest BCUT2D eigenvalue weighted by Crippen LogP contribution is -2.02. The monoisotopic (exact) mass is 206 g/mol. The van der Waals surface area contributed by atoms with Crippen molar-refractivity contribution in [3.63, 3.8) is 0 Å². The lowest BCUT2D eigenvalue weighted by molar-refractivity contribution is 0.0602. The molecular weight excluding hydrogens is 196 g/mol. The van der Waals surface area contributed by atoms with Gasteiger partial charge >= 0.3 is 5.97 Å². The van der Waals surface area contributed by atoms with Crippen molar-refractivity contribution in [2.75, 3.05) is 14.2 Å². The highest BCUT2D eigenvalue weighted by Crippen LogP contribution is 2.23. The molecule has 78 valence electrons. The summed E-state index contributed by atoms with van der Waals surface area (Å²) in [5.41, 5.74) is 1.73. The van der Waals surface area contributed by atoms with Crippen LogP contribution in [-0.4, -0.2) is 30.2 Å². The van der Waals surface area contributed by atoms with Gasteiger partial charge in [-0.2, -0.15) is 0 Å². The molecule has 0 amide bonds. The van der Waals surface area contributed by atoms with Crippen LogP contribution in [0.4, 0.5) is 0 Å². The number of H-pyrrole nitrogens is 1. The number of hydrogen-bond donors (Lipinski definition) is 1. The summed E-state index contributed by atoms with van der Waals surface area (Å²) in [6.45, 7) is 0. The number of aromatic amines is 1. The van der Waals surface area contributed by atoms with Crippen LogP contribution in [0.15, 0.2) is 18.5 Å². The topological polar surface area (TPSA) is 64.2 Å². The van der Waals surface area contributed by atoms with Gasteiger partial charge in [0.05, 0.1) is 31.6 Å². The van der Waals surface area contributed by atoms with Crippen molar-refractivity contribution in [2.24, 2.45) is 0 Å². The van der Waals surface area contributed by atoms with Gasteiger partial charge in [-0.1, -0.05) is 0 Å². The van der Waals surface area contributed by atoms with Crippen molar-refractivity contribution in [2.45, 2.75) is 0 Å². The molecule has 1 N–H and O–H groups in total. The Labute approximate surface area is 86.0 Å². The first-order chi connectivity index (χ1) is 7.26. The fourth-order valence-corrected chi connectivity index (χ4v) is 1.41. The number of esters is 1. The van der Waals surface area contributed by atoms with Gasteiger partial charge in [-0.05, 0) is 6.07 Å². The van der Waals surface area contributed by atoms with Crippen LogP contribution in [-0.2, 0) is 4.74 Å². The highest BCUT2D eigenvalue weighted by atomic mass is 16.5. The molecule has 0 radical (unpaired) electrons. The van der Waals surface area contributed by atoms with Crippen molar-refractivity contribution in [1.29, 1.82) is 0 Å². The molecule has 0 spiro atoms. The Bertz CT molecular complexity index is 504. The summed E-state index contributed by atoms with van der Waals surface area (Å²) in [6.07, 6.45) is 1.52. The molecule has 0 aliphatic heterocycles. The van der Waals surface area contributed by atoms with Crippen molar-refractivity contribution < 1.29 is 14.3 Å². The van der Waals surface area contributed by atoms with E-state index in [4.69, 9.17) is 4.74 Å². The van der Waals surface area contributed by atoms with Gasteiger partial charge < -0.3 is 14.5 Å². The van der Waals surface area contributed by atoms with Crippen molar-refractivity contribution in [1.82, 2.24) is 9.97 Å². The van der Waals surface area contributed by atoms with Gasteiger partial charge in [-0.3, -0.25) is 0 Å². The number of fused-ring (bicyclic) bond motifs is 1. The minimum Gasteiger partial charge on any atom is -0.497 e. The van der Waals surface area contributed by atoms with Gasteiger partial charge in [-0.25, -0.2) is 9.78 Å². The van der Waals surface area contributed by atoms with Crippen LogP contribution in [0.1, 0.15) is 10.4 Å². The van der Waals surface area contributed by atoms with Crippen molar-refractivity contribution in [3.05, 3.63) is 24.0 Å². The van der Waals surface area contributed by atoms with Crippen LogP contribution in [0, 0.1) is 0 Å². The van der Waals surface area contributed by atoms with Crippen LogP contribution in [0.5, 0.6) is 5.75 Å². The molecule has 0 bridgehead atoms. The number of rotatable bonds is 2. The number of carbonyl (C=O) groups excluding carboxylic acids is 1. The van der Waals surface area contributed by atoms with Crippen LogP contribution < -0.4 is 4.74 Å². The van der Waals surface area contributed by atoms with E-state index in [-0.39, 0.29) is 0 Å². The molecule has 0 atom stereocenters. The number of imidazole rings is 1. The summed E-state index contributed by atoms with van der Waals surface area (Å²) in [5, 5.41) is 0. The summed E-state index contributed by atoms with van der Waals surface area (Å²) in [6, 6.07) is 3.38. The van der Waals surface area contributed by atoms with Gasteiger partial charge in [0.1, 0.15) is 11.3 Å². The Hall–Kier alpha value is -2.04. The number of aromatic nitrogens is 2. The summed E-state index contributed by atoms with van der Waals surface area (Å²) in [5.74, 6) is 0.165. The standard InChI is InChI=1S/C10H10N2O3/c1-14-6-3-7(10(13)15-2)9-8(4-6)11-5-12-9/h3-5H,1-2H3,(H,11,12). The van der Waals surface area contributed by atoms with Crippen molar-refractivity contribution >= 4 is 17.0 Å². The average molecular weight is 206 g/mol. The lowest BCUT2D eigenvalue weighted by atomic mass is 10.1. The van der Waals surface area contributed by atoms with E-state index in [9.17, 15) is 4.79 Å². The molecule has 5 heteroatoms. The number of ether oxygens (including phenoxy) is 2. The third kappa shape index (κ3) is 1.52. The molecule has 2 rings (SSSR count). The van der Waals surface area contributed by atoms with Gasteiger partial charge in [0, 0.05) is 6.07 Å². The quantitative estimate of drug-likeness (QED) is 0.753. The second-order valence-electron chi connectivity index (χ2n) is 2.97. The zero-order chi connectivity index (χ0) is 10.8. The number of carbonyl (C=O) groups is 1. The number of nitrogens with zero attached hydrogens (tertiary/aromatic N) is 1. The Morgan fingerprint density at radius 1 is 1.40 bits per heavy atom. The molecule has 0 fully saturated rings. The van der Waals surface area contributed by atoms with Gasteiger partial charge in [0.15, 0.2) is 0 Å². The maximum atomic E-state index is 11.5. The molecule has 1 heterocycles. The molecule has 1 aromatic heterocycles. The fourth-order valence-electron chi connectivity index (χ4n) is 1.41. The summed E-state index contributed by atoms with van der Waals surface area (Å²) in [4.78, 5) is 18.4. The van der Waals surface area contributed by atoms with E-state index in [1.165, 1.54) is 13.4 Å². The van der Waals surface area contributed by atoms with Crippen LogP contribution in [0.25, 0.3) is 11.0 Å². The smallest absolute Gasteiger partial charge is 0.340 e. The predicted molar refractivity (Wildman–Crippen MR) is 54.0 cm³/mol. The minimum atomic E-state index is -0.425. The van der Waals surface area contributed by atoms with E-state index in [0.717, 1.165) is 5.52 Å². The Morgan fingerprint density at radius 3 is 2.87 bits per heavy atom. The largest absolute Gasteiger partial charge is 0.497 e.